The first-order chi connectivity index (χ1) is 10.2. The van der Waals surface area contributed by atoms with E-state index in [4.69, 9.17) is 0 Å². The lowest BCUT2D eigenvalue weighted by atomic mass is 9.81. The number of pyridine rings is 1. The zero-order valence-corrected chi connectivity index (χ0v) is 11.4. The number of aromatic nitrogens is 1. The van der Waals surface area contributed by atoms with E-state index in [1.165, 1.54) is 6.20 Å². The molecule has 1 amide bonds. The third-order valence-electron chi connectivity index (χ3n) is 4.12. The number of ketones is 2. The topological polar surface area (TPSA) is 79.7 Å². The molecule has 2 unspecified atom stereocenters. The number of carbonyl (C=O) groups excluding carboxylic acids is 3. The van der Waals surface area contributed by atoms with E-state index in [0.29, 0.717) is 12.1 Å². The number of hydrazone groups is 1. The van der Waals surface area contributed by atoms with E-state index >= 15 is 0 Å². The lowest BCUT2D eigenvalue weighted by Gasteiger charge is -2.20. The molecule has 108 valence electrons. The standard InChI is InChI=1S/C15H15N3O3/c19-9-18(10-4-3-7-16-8-10)17-13-14(20)11-5-1-2-6-12(11)15(13)21/h3-4,7-9,11-12H,1-2,5-6H2. The summed E-state index contributed by atoms with van der Waals surface area (Å²) in [7, 11) is 0. The summed E-state index contributed by atoms with van der Waals surface area (Å²) in [6, 6.07) is 3.30. The average Bonchev–Trinajstić information content (AvgIpc) is 2.78. The van der Waals surface area contributed by atoms with E-state index < -0.39 is 0 Å². The molecule has 0 aromatic carbocycles. The Hall–Kier alpha value is -2.37. The van der Waals surface area contributed by atoms with E-state index in [2.05, 4.69) is 10.1 Å². The number of amides is 1. The fourth-order valence-electron chi connectivity index (χ4n) is 3.07. The van der Waals surface area contributed by atoms with E-state index in [0.717, 1.165) is 30.7 Å². The normalized spacial score (nSPS) is 24.7. The van der Waals surface area contributed by atoms with Crippen molar-refractivity contribution in [2.45, 2.75) is 25.7 Å². The molecule has 3 rings (SSSR count). The van der Waals surface area contributed by atoms with Crippen molar-refractivity contribution in [2.24, 2.45) is 16.9 Å². The van der Waals surface area contributed by atoms with Crippen molar-refractivity contribution >= 4 is 29.4 Å². The number of hydrogen-bond acceptors (Lipinski definition) is 5. The maximum atomic E-state index is 12.3. The van der Waals surface area contributed by atoms with Crippen LogP contribution in [0.4, 0.5) is 5.69 Å². The molecule has 2 aliphatic rings. The van der Waals surface area contributed by atoms with Gasteiger partial charge in [-0.2, -0.15) is 5.10 Å². The van der Waals surface area contributed by atoms with Gasteiger partial charge in [0.1, 0.15) is 0 Å². The number of nitrogens with zero attached hydrogens (tertiary/aromatic N) is 3. The molecule has 2 atom stereocenters. The highest BCUT2D eigenvalue weighted by Crippen LogP contribution is 2.37. The number of rotatable bonds is 3. The van der Waals surface area contributed by atoms with Gasteiger partial charge in [0.05, 0.1) is 11.9 Å². The van der Waals surface area contributed by atoms with E-state index in [1.54, 1.807) is 18.3 Å². The van der Waals surface area contributed by atoms with Crippen LogP contribution in [0.25, 0.3) is 0 Å². The van der Waals surface area contributed by atoms with Crippen molar-refractivity contribution in [3.8, 4) is 0 Å². The van der Waals surface area contributed by atoms with Crippen molar-refractivity contribution in [2.75, 3.05) is 5.01 Å². The minimum atomic E-state index is -0.243. The predicted octanol–water partition coefficient (Wildman–Crippen LogP) is 1.36. The highest BCUT2D eigenvalue weighted by Gasteiger charge is 2.48. The highest BCUT2D eigenvalue weighted by atomic mass is 16.2. The predicted molar refractivity (Wildman–Crippen MR) is 75.7 cm³/mol. The van der Waals surface area contributed by atoms with Crippen LogP contribution in [-0.4, -0.2) is 28.7 Å². The molecule has 0 radical (unpaired) electrons. The first kappa shape index (κ1) is 13.6. The molecule has 0 aliphatic heterocycles. The SMILES string of the molecule is O=CN(N=C1C(=O)C2CCCCC2C1=O)c1cccnc1. The first-order valence-electron chi connectivity index (χ1n) is 7.04. The Bertz CT molecular complexity index is 586. The number of fused-ring (bicyclic) bond motifs is 1. The molecule has 0 bridgehead atoms. The van der Waals surface area contributed by atoms with Gasteiger partial charge >= 0.3 is 0 Å². The fourth-order valence-corrected chi connectivity index (χ4v) is 3.07. The third kappa shape index (κ3) is 2.37. The van der Waals surface area contributed by atoms with Crippen LogP contribution in [0.1, 0.15) is 25.7 Å². The Balaban J connectivity index is 1.93. The number of anilines is 1. The molecular formula is C15H15N3O3. The summed E-state index contributed by atoms with van der Waals surface area (Å²) in [6.45, 7) is 0. The van der Waals surface area contributed by atoms with Crippen molar-refractivity contribution in [1.29, 1.82) is 0 Å². The second-order valence-electron chi connectivity index (χ2n) is 5.34. The van der Waals surface area contributed by atoms with Crippen LogP contribution in [0.3, 0.4) is 0 Å². The Morgan fingerprint density at radius 1 is 1.19 bits per heavy atom. The van der Waals surface area contributed by atoms with Crippen molar-refractivity contribution in [3.05, 3.63) is 24.5 Å². The molecule has 2 fully saturated rings. The summed E-state index contributed by atoms with van der Waals surface area (Å²) >= 11 is 0. The number of carbonyl (C=O) groups is 3. The van der Waals surface area contributed by atoms with Crippen molar-refractivity contribution in [1.82, 2.24) is 4.98 Å². The summed E-state index contributed by atoms with van der Waals surface area (Å²) in [6.07, 6.45) is 6.91. The summed E-state index contributed by atoms with van der Waals surface area (Å²) < 4.78 is 0. The average molecular weight is 285 g/mol. The van der Waals surface area contributed by atoms with E-state index in [9.17, 15) is 14.4 Å². The van der Waals surface area contributed by atoms with Crippen LogP contribution in [0.2, 0.25) is 0 Å². The molecule has 2 aliphatic carbocycles. The maximum Gasteiger partial charge on any atom is 0.234 e. The molecular weight excluding hydrogens is 270 g/mol. The smallest absolute Gasteiger partial charge is 0.234 e. The van der Waals surface area contributed by atoms with Gasteiger partial charge in [0.25, 0.3) is 0 Å². The van der Waals surface area contributed by atoms with Gasteiger partial charge in [-0.1, -0.05) is 12.8 Å². The van der Waals surface area contributed by atoms with Crippen molar-refractivity contribution in [3.63, 3.8) is 0 Å². The van der Waals surface area contributed by atoms with E-state index in [1.807, 2.05) is 0 Å². The highest BCUT2D eigenvalue weighted by molar-refractivity contribution is 6.70. The molecule has 0 spiro atoms. The number of Topliss-reactive ketones (excluding diaryl/α,β-unsaturated/α-hetero) is 2. The van der Waals surface area contributed by atoms with Gasteiger partial charge < -0.3 is 0 Å². The van der Waals surface area contributed by atoms with Crippen LogP contribution in [-0.2, 0) is 14.4 Å². The fraction of sp³-hybridized carbons (Fsp3) is 0.400. The Morgan fingerprint density at radius 3 is 2.38 bits per heavy atom. The van der Waals surface area contributed by atoms with Crippen LogP contribution in [0.15, 0.2) is 29.6 Å². The van der Waals surface area contributed by atoms with Gasteiger partial charge in [-0.25, -0.2) is 5.01 Å². The second-order valence-corrected chi connectivity index (χ2v) is 5.34. The Kier molecular flexibility index (Phi) is 3.60. The van der Waals surface area contributed by atoms with Crippen LogP contribution < -0.4 is 5.01 Å². The quantitative estimate of drug-likeness (QED) is 0.620. The number of hydrogen-bond donors (Lipinski definition) is 0. The van der Waals surface area contributed by atoms with Crippen LogP contribution in [0.5, 0.6) is 0 Å². The molecule has 1 aromatic heterocycles. The zero-order valence-electron chi connectivity index (χ0n) is 11.4. The second kappa shape index (κ2) is 5.55. The Morgan fingerprint density at radius 2 is 1.86 bits per heavy atom. The maximum absolute atomic E-state index is 12.3. The molecule has 2 saturated carbocycles. The first-order valence-corrected chi connectivity index (χ1v) is 7.04. The monoisotopic (exact) mass is 285 g/mol. The van der Waals surface area contributed by atoms with Gasteiger partial charge in [-0.3, -0.25) is 19.4 Å². The summed E-state index contributed by atoms with van der Waals surface area (Å²) in [5.74, 6) is -0.930. The molecule has 0 saturated heterocycles. The third-order valence-corrected chi connectivity index (χ3v) is 4.12. The summed E-state index contributed by atoms with van der Waals surface area (Å²) in [5.41, 5.74) is 0.332. The minimum Gasteiger partial charge on any atom is -0.292 e. The van der Waals surface area contributed by atoms with Gasteiger partial charge in [0, 0.05) is 18.0 Å². The molecule has 21 heavy (non-hydrogen) atoms. The van der Waals surface area contributed by atoms with E-state index in [-0.39, 0.29) is 29.1 Å². The van der Waals surface area contributed by atoms with Gasteiger partial charge in [0.15, 0.2) is 17.3 Å². The van der Waals surface area contributed by atoms with Gasteiger partial charge in [-0.15, -0.1) is 0 Å². The van der Waals surface area contributed by atoms with Crippen LogP contribution >= 0.6 is 0 Å². The zero-order chi connectivity index (χ0) is 14.8. The molecule has 6 nitrogen and oxygen atoms in total. The lowest BCUT2D eigenvalue weighted by molar-refractivity contribution is -0.120. The minimum absolute atomic E-state index is 0.0946. The largest absolute Gasteiger partial charge is 0.292 e. The van der Waals surface area contributed by atoms with Gasteiger partial charge in [-0.05, 0) is 25.0 Å². The molecule has 0 N–H and O–H groups in total. The Labute approximate surface area is 121 Å². The summed E-state index contributed by atoms with van der Waals surface area (Å²) in [5, 5.41) is 4.99. The lowest BCUT2D eigenvalue weighted by Crippen LogP contribution is -2.24. The van der Waals surface area contributed by atoms with Gasteiger partial charge in [0.2, 0.25) is 6.41 Å². The molecule has 6 heteroatoms. The summed E-state index contributed by atoms with van der Waals surface area (Å²) in [4.78, 5) is 39.7. The molecule has 1 aromatic rings. The molecule has 1 heterocycles. The van der Waals surface area contributed by atoms with Crippen molar-refractivity contribution < 1.29 is 14.4 Å². The van der Waals surface area contributed by atoms with Crippen LogP contribution in [0, 0.1) is 11.8 Å².